The molecule has 0 fully saturated rings. The van der Waals surface area contributed by atoms with Gasteiger partial charge in [-0.05, 0) is 0 Å². The number of allylic oxidation sites excluding steroid dienone is 1. The molecule has 48 valence electrons. The Bertz CT molecular complexity index is 91.3. The van der Waals surface area contributed by atoms with Crippen molar-refractivity contribution in [2.45, 2.75) is 6.17 Å². The molecule has 0 bridgehead atoms. The minimum Gasteiger partial charge on any atom is -0.247 e. The van der Waals surface area contributed by atoms with Crippen molar-refractivity contribution in [2.24, 2.45) is 0 Å². The average molecular weight is 145 g/mol. The number of hydrogen-bond acceptors (Lipinski definition) is 0. The molecule has 0 heterocycles. The molecule has 0 aromatic carbocycles. The van der Waals surface area contributed by atoms with Gasteiger partial charge in [-0.2, -0.15) is 0 Å². The van der Waals surface area contributed by atoms with E-state index < -0.39 is 17.9 Å². The first-order valence-corrected chi connectivity index (χ1v) is 2.26. The van der Waals surface area contributed by atoms with Crippen LogP contribution in [-0.4, -0.2) is 12.8 Å². The minimum atomic E-state index is -2.00. The molecule has 0 aliphatic carbocycles. The van der Waals surface area contributed by atoms with E-state index in [0.717, 1.165) is 0 Å². The van der Waals surface area contributed by atoms with Gasteiger partial charge in [-0.25, -0.2) is 13.2 Å². The second kappa shape index (κ2) is 3.78. The molecule has 8 heavy (non-hydrogen) atoms. The lowest BCUT2D eigenvalue weighted by Gasteiger charge is -1.95. The third-order valence-electron chi connectivity index (χ3n) is 0.539. The predicted molar refractivity (Wildman–Crippen MR) is 25.9 cm³/mol. The summed E-state index contributed by atoms with van der Waals surface area (Å²) in [5, 5.41) is -0.729. The molecule has 0 aromatic rings. The molecule has 0 aliphatic rings. The smallest absolute Gasteiger partial charge is 0.166 e. The Labute approximate surface area is 49.9 Å². The molecule has 0 amide bonds. The van der Waals surface area contributed by atoms with Crippen LogP contribution in [0.25, 0.3) is 0 Å². The zero-order valence-corrected chi connectivity index (χ0v) is 4.63. The van der Waals surface area contributed by atoms with Gasteiger partial charge in [0.2, 0.25) is 0 Å². The van der Waals surface area contributed by atoms with E-state index in [0.29, 0.717) is 0 Å². The molecule has 0 nitrogen and oxygen atoms in total. The highest BCUT2D eigenvalue weighted by Crippen LogP contribution is 2.11. The van der Waals surface area contributed by atoms with Crippen molar-refractivity contribution in [3.05, 3.63) is 11.4 Å². The van der Waals surface area contributed by atoms with Gasteiger partial charge in [0.1, 0.15) is 13.0 Å². The quantitative estimate of drug-likeness (QED) is 0.558. The van der Waals surface area contributed by atoms with Crippen LogP contribution >= 0.6 is 11.6 Å². The summed E-state index contributed by atoms with van der Waals surface area (Å²) in [5.41, 5.74) is 0. The molecule has 0 radical (unpaired) electrons. The highest BCUT2D eigenvalue weighted by atomic mass is 35.5. The van der Waals surface area contributed by atoms with Gasteiger partial charge < -0.3 is 0 Å². The highest BCUT2D eigenvalue weighted by Gasteiger charge is 2.08. The Morgan fingerprint density at radius 1 is 1.75 bits per heavy atom. The summed E-state index contributed by atoms with van der Waals surface area (Å²) in [6, 6.07) is 0. The van der Waals surface area contributed by atoms with E-state index >= 15 is 0 Å². The summed E-state index contributed by atoms with van der Waals surface area (Å²) < 4.78 is 34.0. The van der Waals surface area contributed by atoms with E-state index in [1.807, 2.05) is 0 Å². The zero-order valence-electron chi connectivity index (χ0n) is 3.87. The van der Waals surface area contributed by atoms with Crippen molar-refractivity contribution in [3.63, 3.8) is 0 Å². The molecule has 0 aromatic heterocycles. The van der Waals surface area contributed by atoms with Gasteiger partial charge in [0.05, 0.1) is 5.03 Å². The van der Waals surface area contributed by atoms with E-state index in [1.54, 1.807) is 0 Å². The molecule has 1 atom stereocenters. The van der Waals surface area contributed by atoms with Gasteiger partial charge in [-0.3, -0.25) is 0 Å². The third-order valence-corrected chi connectivity index (χ3v) is 0.858. The Hall–Kier alpha value is -0.180. The van der Waals surface area contributed by atoms with E-state index in [2.05, 4.69) is 0 Å². The van der Waals surface area contributed by atoms with Crippen LogP contribution in [0.1, 0.15) is 0 Å². The van der Waals surface area contributed by atoms with E-state index in [9.17, 15) is 13.2 Å². The SMILES string of the molecule is FC=C(Cl)C(F)CF. The third kappa shape index (κ3) is 2.21. The number of halogens is 4. The van der Waals surface area contributed by atoms with Crippen LogP contribution in [0.4, 0.5) is 13.2 Å². The summed E-state index contributed by atoms with van der Waals surface area (Å²) in [6.07, 6.45) is -2.16. The Balaban J connectivity index is 3.63. The van der Waals surface area contributed by atoms with Crippen LogP contribution < -0.4 is 0 Å². The van der Waals surface area contributed by atoms with Crippen molar-refractivity contribution in [2.75, 3.05) is 6.67 Å². The van der Waals surface area contributed by atoms with E-state index in [1.165, 1.54) is 0 Å². The van der Waals surface area contributed by atoms with Gasteiger partial charge in [0.15, 0.2) is 6.17 Å². The molecule has 0 aliphatic heterocycles. The lowest BCUT2D eigenvalue weighted by atomic mass is 10.4. The Morgan fingerprint density at radius 2 is 2.25 bits per heavy atom. The Kier molecular flexibility index (Phi) is 3.69. The van der Waals surface area contributed by atoms with Crippen molar-refractivity contribution in [1.29, 1.82) is 0 Å². The van der Waals surface area contributed by atoms with Crippen LogP contribution in [0.3, 0.4) is 0 Å². The Morgan fingerprint density at radius 3 is 2.38 bits per heavy atom. The summed E-state index contributed by atoms with van der Waals surface area (Å²) in [6.45, 7) is -1.28. The summed E-state index contributed by atoms with van der Waals surface area (Å²) >= 11 is 4.79. The monoisotopic (exact) mass is 144 g/mol. The average Bonchev–Trinajstić information content (AvgIpc) is 1.84. The van der Waals surface area contributed by atoms with Gasteiger partial charge in [-0.1, -0.05) is 11.6 Å². The summed E-state index contributed by atoms with van der Waals surface area (Å²) in [4.78, 5) is 0. The van der Waals surface area contributed by atoms with Gasteiger partial charge in [0, 0.05) is 0 Å². The molecule has 1 unspecified atom stereocenters. The van der Waals surface area contributed by atoms with Crippen molar-refractivity contribution in [1.82, 2.24) is 0 Å². The molecular formula is C4H4ClF3. The largest absolute Gasteiger partial charge is 0.247 e. The van der Waals surface area contributed by atoms with Gasteiger partial charge >= 0.3 is 0 Å². The molecule has 0 rings (SSSR count). The van der Waals surface area contributed by atoms with E-state index in [-0.39, 0.29) is 6.33 Å². The first-order chi connectivity index (χ1) is 3.72. The second-order valence-electron chi connectivity index (χ2n) is 1.12. The molecule has 0 N–H and O–H groups in total. The molecule has 4 heteroatoms. The predicted octanol–water partition coefficient (Wildman–Crippen LogP) is 2.34. The first kappa shape index (κ1) is 7.82. The number of alkyl halides is 2. The van der Waals surface area contributed by atoms with Crippen LogP contribution in [0.15, 0.2) is 11.4 Å². The highest BCUT2D eigenvalue weighted by molar-refractivity contribution is 6.30. The second-order valence-corrected chi connectivity index (χ2v) is 1.55. The maximum absolute atomic E-state index is 11.7. The maximum Gasteiger partial charge on any atom is 0.166 e. The maximum atomic E-state index is 11.7. The fraction of sp³-hybridized carbons (Fsp3) is 0.500. The van der Waals surface area contributed by atoms with Crippen molar-refractivity contribution < 1.29 is 13.2 Å². The van der Waals surface area contributed by atoms with Crippen molar-refractivity contribution >= 4 is 11.6 Å². The summed E-state index contributed by atoms with van der Waals surface area (Å²) in [5.74, 6) is 0. The van der Waals surface area contributed by atoms with E-state index in [4.69, 9.17) is 11.6 Å². The molecule has 0 saturated heterocycles. The zero-order chi connectivity index (χ0) is 6.57. The number of hydrogen-bond donors (Lipinski definition) is 0. The van der Waals surface area contributed by atoms with Crippen molar-refractivity contribution in [3.8, 4) is 0 Å². The minimum absolute atomic E-state index is 0.161. The molecule has 0 saturated carbocycles. The fourth-order valence-corrected chi connectivity index (χ4v) is 0.200. The summed E-state index contributed by atoms with van der Waals surface area (Å²) in [7, 11) is 0. The molecular weight excluding hydrogens is 140 g/mol. The topological polar surface area (TPSA) is 0 Å². The van der Waals surface area contributed by atoms with Crippen LogP contribution in [-0.2, 0) is 0 Å². The van der Waals surface area contributed by atoms with Gasteiger partial charge in [-0.15, -0.1) is 0 Å². The van der Waals surface area contributed by atoms with Gasteiger partial charge in [0.25, 0.3) is 0 Å². The lowest BCUT2D eigenvalue weighted by Crippen LogP contribution is -2.00. The fourth-order valence-electron chi connectivity index (χ4n) is 0.142. The van der Waals surface area contributed by atoms with Crippen LogP contribution in [0.5, 0.6) is 0 Å². The lowest BCUT2D eigenvalue weighted by molar-refractivity contribution is 0.303. The molecule has 0 spiro atoms. The first-order valence-electron chi connectivity index (χ1n) is 1.88. The number of rotatable bonds is 2. The normalized spacial score (nSPS) is 16.2. The van der Waals surface area contributed by atoms with Crippen LogP contribution in [0, 0.1) is 0 Å². The standard InChI is InChI=1S/C4H4ClF3/c5-3(1-6)4(8)2-7/h1,4H,2H2. The van der Waals surface area contributed by atoms with Crippen LogP contribution in [0.2, 0.25) is 0 Å².